The number of nitrogens with two attached hydrogens (primary N) is 1. The second-order valence-corrected chi connectivity index (χ2v) is 3.88. The highest BCUT2D eigenvalue weighted by Gasteiger charge is 2.04. The van der Waals surface area contributed by atoms with E-state index in [-0.39, 0.29) is 5.75 Å². The van der Waals surface area contributed by atoms with Gasteiger partial charge in [0.05, 0.1) is 0 Å². The lowest BCUT2D eigenvalue weighted by atomic mass is 10.1. The first-order chi connectivity index (χ1) is 8.81. The van der Waals surface area contributed by atoms with E-state index in [9.17, 15) is 5.11 Å². The summed E-state index contributed by atoms with van der Waals surface area (Å²) in [4.78, 5) is 8.39. The highest BCUT2D eigenvalue weighted by atomic mass is 16.3. The lowest BCUT2D eigenvalue weighted by molar-refractivity contribution is 0.477. The Morgan fingerprint density at radius 3 is 2.56 bits per heavy atom. The van der Waals surface area contributed by atoms with Gasteiger partial charge in [-0.05, 0) is 19.0 Å². The Hall–Kier alpha value is -2.14. The zero-order chi connectivity index (χ0) is 12.8. The van der Waals surface area contributed by atoms with Crippen LogP contribution in [0.4, 0.5) is 5.95 Å². The van der Waals surface area contributed by atoms with Crippen molar-refractivity contribution in [2.24, 2.45) is 5.73 Å². The average Bonchev–Trinajstić information content (AvgIpc) is 2.41. The van der Waals surface area contributed by atoms with E-state index in [4.69, 9.17) is 5.73 Å². The van der Waals surface area contributed by atoms with E-state index in [0.29, 0.717) is 12.5 Å². The molecule has 0 aliphatic carbocycles. The molecule has 0 unspecified atom stereocenters. The Labute approximate surface area is 106 Å². The molecule has 0 fully saturated rings. The smallest absolute Gasteiger partial charge is 0.222 e. The highest BCUT2D eigenvalue weighted by molar-refractivity contribution is 5.68. The Morgan fingerprint density at radius 2 is 1.89 bits per heavy atom. The summed E-state index contributed by atoms with van der Waals surface area (Å²) in [7, 11) is 0. The minimum absolute atomic E-state index is 0.227. The monoisotopic (exact) mass is 244 g/mol. The van der Waals surface area contributed by atoms with Crippen molar-refractivity contribution < 1.29 is 5.11 Å². The van der Waals surface area contributed by atoms with Crippen molar-refractivity contribution in [3.63, 3.8) is 0 Å². The van der Waals surface area contributed by atoms with Crippen molar-refractivity contribution in [2.75, 3.05) is 18.4 Å². The molecule has 1 aromatic carbocycles. The Morgan fingerprint density at radius 1 is 1.17 bits per heavy atom. The SMILES string of the molecule is NCCCNc1ncc(-c2ccccc2O)cn1. The van der Waals surface area contributed by atoms with Crippen molar-refractivity contribution in [2.45, 2.75) is 6.42 Å². The van der Waals surface area contributed by atoms with Gasteiger partial charge in [0.2, 0.25) is 5.95 Å². The second-order valence-electron chi connectivity index (χ2n) is 3.88. The molecule has 0 amide bonds. The van der Waals surface area contributed by atoms with Crippen LogP contribution in [-0.2, 0) is 0 Å². The van der Waals surface area contributed by atoms with Gasteiger partial charge in [-0.15, -0.1) is 0 Å². The molecule has 2 aromatic rings. The summed E-state index contributed by atoms with van der Waals surface area (Å²) in [5.41, 5.74) is 6.92. The Kier molecular flexibility index (Phi) is 4.09. The van der Waals surface area contributed by atoms with Gasteiger partial charge in [0.15, 0.2) is 0 Å². The van der Waals surface area contributed by atoms with Gasteiger partial charge in [0.25, 0.3) is 0 Å². The van der Waals surface area contributed by atoms with Gasteiger partial charge in [-0.1, -0.05) is 18.2 Å². The van der Waals surface area contributed by atoms with E-state index in [1.54, 1.807) is 24.5 Å². The number of benzene rings is 1. The van der Waals surface area contributed by atoms with E-state index in [0.717, 1.165) is 24.1 Å². The molecule has 0 aliphatic rings. The summed E-state index contributed by atoms with van der Waals surface area (Å²) < 4.78 is 0. The van der Waals surface area contributed by atoms with Crippen molar-refractivity contribution in [3.05, 3.63) is 36.7 Å². The zero-order valence-corrected chi connectivity index (χ0v) is 10.0. The quantitative estimate of drug-likeness (QED) is 0.696. The molecule has 0 saturated carbocycles. The zero-order valence-electron chi connectivity index (χ0n) is 10.0. The van der Waals surface area contributed by atoms with Gasteiger partial charge in [0.1, 0.15) is 5.75 Å². The first-order valence-electron chi connectivity index (χ1n) is 5.85. The molecule has 0 aliphatic heterocycles. The van der Waals surface area contributed by atoms with Crippen LogP contribution in [0.2, 0.25) is 0 Å². The van der Waals surface area contributed by atoms with Gasteiger partial charge in [-0.3, -0.25) is 0 Å². The van der Waals surface area contributed by atoms with Crippen LogP contribution in [0, 0.1) is 0 Å². The number of nitrogens with one attached hydrogen (secondary N) is 1. The van der Waals surface area contributed by atoms with Crippen molar-refractivity contribution in [3.8, 4) is 16.9 Å². The lowest BCUT2D eigenvalue weighted by Crippen LogP contribution is -2.10. The minimum Gasteiger partial charge on any atom is -0.507 e. The Balaban J connectivity index is 2.10. The summed E-state index contributed by atoms with van der Waals surface area (Å²) >= 11 is 0. The number of rotatable bonds is 5. The molecular formula is C13H16N4O. The van der Waals surface area contributed by atoms with Crippen molar-refractivity contribution >= 4 is 5.95 Å². The van der Waals surface area contributed by atoms with Gasteiger partial charge >= 0.3 is 0 Å². The van der Waals surface area contributed by atoms with Crippen LogP contribution in [0.3, 0.4) is 0 Å². The maximum Gasteiger partial charge on any atom is 0.222 e. The average molecular weight is 244 g/mol. The standard InChI is InChI=1S/C13H16N4O/c14-6-3-7-15-13-16-8-10(9-17-13)11-4-1-2-5-12(11)18/h1-2,4-5,8-9,18H,3,6-7,14H2,(H,15,16,17). The number of para-hydroxylation sites is 1. The van der Waals surface area contributed by atoms with E-state index in [2.05, 4.69) is 15.3 Å². The van der Waals surface area contributed by atoms with E-state index >= 15 is 0 Å². The van der Waals surface area contributed by atoms with Crippen LogP contribution in [0.15, 0.2) is 36.7 Å². The number of hydrogen-bond acceptors (Lipinski definition) is 5. The molecule has 0 spiro atoms. The molecule has 1 heterocycles. The van der Waals surface area contributed by atoms with Crippen LogP contribution in [0.1, 0.15) is 6.42 Å². The molecule has 0 saturated heterocycles. The molecule has 5 heteroatoms. The minimum atomic E-state index is 0.227. The first-order valence-corrected chi connectivity index (χ1v) is 5.85. The maximum absolute atomic E-state index is 9.72. The summed E-state index contributed by atoms with van der Waals surface area (Å²) in [5, 5.41) is 12.8. The molecule has 1 aromatic heterocycles. The third-order valence-electron chi connectivity index (χ3n) is 2.53. The first kappa shape index (κ1) is 12.3. The van der Waals surface area contributed by atoms with Crippen LogP contribution in [0.5, 0.6) is 5.75 Å². The molecule has 18 heavy (non-hydrogen) atoms. The maximum atomic E-state index is 9.72. The normalized spacial score (nSPS) is 10.3. The fourth-order valence-electron chi connectivity index (χ4n) is 1.58. The fourth-order valence-corrected chi connectivity index (χ4v) is 1.58. The van der Waals surface area contributed by atoms with Crippen LogP contribution < -0.4 is 11.1 Å². The van der Waals surface area contributed by atoms with Gasteiger partial charge in [-0.2, -0.15) is 0 Å². The summed E-state index contributed by atoms with van der Waals surface area (Å²) in [5.74, 6) is 0.799. The number of hydrogen-bond donors (Lipinski definition) is 3. The molecule has 5 nitrogen and oxygen atoms in total. The number of nitrogens with zero attached hydrogens (tertiary/aromatic N) is 2. The third kappa shape index (κ3) is 2.95. The number of anilines is 1. The summed E-state index contributed by atoms with van der Waals surface area (Å²) in [6, 6.07) is 7.11. The lowest BCUT2D eigenvalue weighted by Gasteiger charge is -2.06. The number of aromatic hydroxyl groups is 1. The molecule has 0 radical (unpaired) electrons. The van der Waals surface area contributed by atoms with E-state index in [1.807, 2.05) is 12.1 Å². The molecule has 0 atom stereocenters. The molecule has 2 rings (SSSR count). The van der Waals surface area contributed by atoms with Gasteiger partial charge in [0, 0.05) is 30.1 Å². The second kappa shape index (κ2) is 5.97. The third-order valence-corrected chi connectivity index (χ3v) is 2.53. The predicted molar refractivity (Wildman–Crippen MR) is 71.3 cm³/mol. The Bertz CT molecular complexity index is 499. The van der Waals surface area contributed by atoms with Crippen LogP contribution in [0.25, 0.3) is 11.1 Å². The fraction of sp³-hybridized carbons (Fsp3) is 0.231. The van der Waals surface area contributed by atoms with Gasteiger partial charge < -0.3 is 16.2 Å². The molecular weight excluding hydrogens is 228 g/mol. The van der Waals surface area contributed by atoms with E-state index < -0.39 is 0 Å². The van der Waals surface area contributed by atoms with Crippen molar-refractivity contribution in [1.82, 2.24) is 9.97 Å². The molecule has 4 N–H and O–H groups in total. The summed E-state index contributed by atoms with van der Waals surface area (Å²) in [6.07, 6.45) is 4.25. The number of aromatic nitrogens is 2. The molecule has 0 bridgehead atoms. The van der Waals surface area contributed by atoms with Crippen LogP contribution in [-0.4, -0.2) is 28.2 Å². The topological polar surface area (TPSA) is 84.1 Å². The van der Waals surface area contributed by atoms with Gasteiger partial charge in [-0.25, -0.2) is 9.97 Å². The predicted octanol–water partition coefficient (Wildman–Crippen LogP) is 1.61. The van der Waals surface area contributed by atoms with Crippen LogP contribution >= 0.6 is 0 Å². The number of phenols is 1. The highest BCUT2D eigenvalue weighted by Crippen LogP contribution is 2.27. The van der Waals surface area contributed by atoms with E-state index in [1.165, 1.54) is 0 Å². The number of phenolic OH excluding ortho intramolecular Hbond substituents is 1. The van der Waals surface area contributed by atoms with Crippen molar-refractivity contribution in [1.29, 1.82) is 0 Å². The molecule has 94 valence electrons. The summed E-state index contributed by atoms with van der Waals surface area (Å²) in [6.45, 7) is 1.40. The largest absolute Gasteiger partial charge is 0.507 e.